The van der Waals surface area contributed by atoms with Crippen molar-refractivity contribution >= 4 is 27.8 Å². The van der Waals surface area contributed by atoms with E-state index >= 15 is 0 Å². The molecular formula is C31H27F3N4O. The molecule has 1 unspecified atom stereocenters. The molecule has 0 radical (unpaired) electrons. The van der Waals surface area contributed by atoms with Crippen molar-refractivity contribution in [3.05, 3.63) is 78.5 Å². The number of fused-ring (bicyclic) bond motifs is 2. The number of carbonyl (C=O) groups is 1. The molecule has 3 aromatic carbocycles. The Hall–Kier alpha value is -4.07. The van der Waals surface area contributed by atoms with Crippen molar-refractivity contribution in [2.75, 3.05) is 13.1 Å². The predicted octanol–water partition coefficient (Wildman–Crippen LogP) is 7.13. The standard InChI is InChI=1S/C31H27F3N4O/c32-31(33,34)25-2-1-3-27-28(25)38(18-19-13-15-37(17-19)30(39)22-8-9-22)29(36-27)21-6-4-20(5-7-21)23-10-11-26-24(16-23)12-14-35-26/h1-7,10-12,14,16,19,22,35H,8-9,13,15,17-18H2. The number of likely N-dealkylation sites (tertiary alicyclic amines) is 1. The Bertz CT molecular complexity index is 1690. The first kappa shape index (κ1) is 24.0. The van der Waals surface area contributed by atoms with Gasteiger partial charge < -0.3 is 14.5 Å². The minimum Gasteiger partial charge on any atom is -0.361 e. The highest BCUT2D eigenvalue weighted by Gasteiger charge is 2.38. The molecule has 1 saturated carbocycles. The number of alkyl halides is 3. The molecular weight excluding hydrogens is 501 g/mol. The summed E-state index contributed by atoms with van der Waals surface area (Å²) in [5.41, 5.74) is 3.65. The number of benzene rings is 3. The zero-order valence-corrected chi connectivity index (χ0v) is 21.2. The molecule has 39 heavy (non-hydrogen) atoms. The number of hydrogen-bond acceptors (Lipinski definition) is 2. The van der Waals surface area contributed by atoms with Gasteiger partial charge in [0.1, 0.15) is 5.82 Å². The van der Waals surface area contributed by atoms with E-state index in [9.17, 15) is 18.0 Å². The number of carbonyl (C=O) groups excluding carboxylic acids is 1. The number of aromatic nitrogens is 3. The fourth-order valence-corrected chi connectivity index (χ4v) is 5.89. The Morgan fingerprint density at radius 3 is 2.49 bits per heavy atom. The molecule has 1 aliphatic heterocycles. The molecule has 5 nitrogen and oxygen atoms in total. The summed E-state index contributed by atoms with van der Waals surface area (Å²) in [4.78, 5) is 22.4. The molecule has 1 amide bonds. The van der Waals surface area contributed by atoms with E-state index in [2.05, 4.69) is 11.1 Å². The number of amides is 1. The molecule has 1 N–H and O–H groups in total. The second kappa shape index (κ2) is 9.00. The third-order valence-corrected chi connectivity index (χ3v) is 8.07. The number of nitrogens with one attached hydrogen (secondary N) is 1. The number of imidazole rings is 1. The molecule has 8 heteroatoms. The fraction of sp³-hybridized carbons (Fsp3) is 0.290. The highest BCUT2D eigenvalue weighted by atomic mass is 19.4. The number of H-pyrrole nitrogens is 1. The van der Waals surface area contributed by atoms with Crippen LogP contribution in [0.3, 0.4) is 0 Å². The van der Waals surface area contributed by atoms with Crippen molar-refractivity contribution in [3.63, 3.8) is 0 Å². The van der Waals surface area contributed by atoms with Crippen molar-refractivity contribution in [1.29, 1.82) is 0 Å². The van der Waals surface area contributed by atoms with Crippen molar-refractivity contribution in [2.24, 2.45) is 11.8 Å². The average molecular weight is 529 g/mol. The lowest BCUT2D eigenvalue weighted by molar-refractivity contribution is -0.136. The first-order valence-corrected chi connectivity index (χ1v) is 13.4. The van der Waals surface area contributed by atoms with Crippen LogP contribution in [0.2, 0.25) is 0 Å². The van der Waals surface area contributed by atoms with E-state index in [4.69, 9.17) is 4.98 Å². The largest absolute Gasteiger partial charge is 0.418 e. The monoisotopic (exact) mass is 528 g/mol. The number of hydrogen-bond donors (Lipinski definition) is 1. The molecule has 198 valence electrons. The van der Waals surface area contributed by atoms with E-state index in [0.717, 1.165) is 52.9 Å². The Morgan fingerprint density at radius 1 is 0.949 bits per heavy atom. The predicted molar refractivity (Wildman–Crippen MR) is 145 cm³/mol. The van der Waals surface area contributed by atoms with Crippen LogP contribution in [0.1, 0.15) is 24.8 Å². The van der Waals surface area contributed by atoms with Crippen LogP contribution >= 0.6 is 0 Å². The summed E-state index contributed by atoms with van der Waals surface area (Å²) in [6.07, 6.45) is 0.0640. The van der Waals surface area contributed by atoms with Gasteiger partial charge in [0.25, 0.3) is 0 Å². The second-order valence-electron chi connectivity index (χ2n) is 10.8. The number of rotatable bonds is 5. The Balaban J connectivity index is 1.27. The molecule has 1 atom stereocenters. The van der Waals surface area contributed by atoms with Crippen LogP contribution in [0.25, 0.3) is 44.5 Å². The minimum absolute atomic E-state index is 0.0671. The molecule has 2 fully saturated rings. The van der Waals surface area contributed by atoms with Crippen LogP contribution in [-0.2, 0) is 17.5 Å². The molecule has 2 aromatic heterocycles. The van der Waals surface area contributed by atoms with Gasteiger partial charge >= 0.3 is 6.18 Å². The highest BCUT2D eigenvalue weighted by molar-refractivity contribution is 5.87. The van der Waals surface area contributed by atoms with Crippen LogP contribution in [0.5, 0.6) is 0 Å². The van der Waals surface area contributed by atoms with E-state index in [1.807, 2.05) is 53.6 Å². The van der Waals surface area contributed by atoms with Crippen molar-refractivity contribution in [1.82, 2.24) is 19.4 Å². The van der Waals surface area contributed by atoms with Crippen LogP contribution < -0.4 is 0 Å². The Kier molecular flexibility index (Phi) is 5.54. The lowest BCUT2D eigenvalue weighted by Gasteiger charge is -2.19. The summed E-state index contributed by atoms with van der Waals surface area (Å²) in [5, 5.41) is 1.11. The topological polar surface area (TPSA) is 53.9 Å². The highest BCUT2D eigenvalue weighted by Crippen LogP contribution is 2.39. The Labute approximate surface area is 223 Å². The number of nitrogens with zero attached hydrogens (tertiary/aromatic N) is 3. The summed E-state index contributed by atoms with van der Waals surface area (Å²) < 4.78 is 44.1. The summed E-state index contributed by atoms with van der Waals surface area (Å²) in [6.45, 7) is 1.61. The van der Waals surface area contributed by atoms with Gasteiger partial charge in [-0.25, -0.2) is 4.98 Å². The van der Waals surface area contributed by atoms with Gasteiger partial charge in [0.15, 0.2) is 0 Å². The van der Waals surface area contributed by atoms with Crippen LogP contribution in [0.15, 0.2) is 72.9 Å². The van der Waals surface area contributed by atoms with E-state index in [-0.39, 0.29) is 23.3 Å². The second-order valence-corrected chi connectivity index (χ2v) is 10.8. The normalized spacial score (nSPS) is 17.9. The smallest absolute Gasteiger partial charge is 0.361 e. The van der Waals surface area contributed by atoms with Gasteiger partial charge in [0.2, 0.25) is 5.91 Å². The molecule has 1 aliphatic carbocycles. The Morgan fingerprint density at radius 2 is 1.72 bits per heavy atom. The molecule has 5 aromatic rings. The van der Waals surface area contributed by atoms with Gasteiger partial charge in [0, 0.05) is 42.8 Å². The maximum Gasteiger partial charge on any atom is 0.418 e. The van der Waals surface area contributed by atoms with Crippen molar-refractivity contribution < 1.29 is 18.0 Å². The zero-order chi connectivity index (χ0) is 26.7. The third kappa shape index (κ3) is 4.37. The van der Waals surface area contributed by atoms with Crippen molar-refractivity contribution in [3.8, 4) is 22.5 Å². The van der Waals surface area contributed by atoms with E-state index in [1.165, 1.54) is 6.07 Å². The molecule has 0 bridgehead atoms. The zero-order valence-electron chi connectivity index (χ0n) is 21.2. The van der Waals surface area contributed by atoms with E-state index in [0.29, 0.717) is 31.0 Å². The third-order valence-electron chi connectivity index (χ3n) is 8.07. The SMILES string of the molecule is O=C(C1CC1)N1CCC(Cn2c(-c3ccc(-c4ccc5[nH]ccc5c4)cc3)nc3cccc(C(F)(F)F)c32)C1. The van der Waals surface area contributed by atoms with Crippen molar-refractivity contribution in [2.45, 2.75) is 32.0 Å². The van der Waals surface area contributed by atoms with E-state index < -0.39 is 11.7 Å². The summed E-state index contributed by atoms with van der Waals surface area (Å²) in [6, 6.07) is 20.2. The van der Waals surface area contributed by atoms with Crippen LogP contribution in [0, 0.1) is 11.8 Å². The molecule has 3 heterocycles. The van der Waals surface area contributed by atoms with Gasteiger partial charge in [-0.05, 0) is 72.0 Å². The van der Waals surface area contributed by atoms with Gasteiger partial charge in [-0.2, -0.15) is 13.2 Å². The molecule has 1 saturated heterocycles. The van der Waals surface area contributed by atoms with Gasteiger partial charge in [-0.1, -0.05) is 36.4 Å². The van der Waals surface area contributed by atoms with Crippen LogP contribution in [-0.4, -0.2) is 38.4 Å². The molecule has 0 spiro atoms. The van der Waals surface area contributed by atoms with Crippen LogP contribution in [0.4, 0.5) is 13.2 Å². The maximum absolute atomic E-state index is 14.1. The number of para-hydroxylation sites is 1. The lowest BCUT2D eigenvalue weighted by atomic mass is 10.0. The van der Waals surface area contributed by atoms with Gasteiger partial charge in [-0.15, -0.1) is 0 Å². The quantitative estimate of drug-likeness (QED) is 0.264. The first-order chi connectivity index (χ1) is 18.8. The first-order valence-electron chi connectivity index (χ1n) is 13.4. The summed E-state index contributed by atoms with van der Waals surface area (Å²) in [5.74, 6) is 0.915. The number of halogens is 3. The summed E-state index contributed by atoms with van der Waals surface area (Å²) >= 11 is 0. The molecule has 2 aliphatic rings. The maximum atomic E-state index is 14.1. The van der Waals surface area contributed by atoms with Gasteiger partial charge in [0.05, 0.1) is 16.6 Å². The summed E-state index contributed by atoms with van der Waals surface area (Å²) in [7, 11) is 0. The fourth-order valence-electron chi connectivity index (χ4n) is 5.89. The average Bonchev–Trinajstić information content (AvgIpc) is 3.32. The molecule has 7 rings (SSSR count). The van der Waals surface area contributed by atoms with Gasteiger partial charge in [-0.3, -0.25) is 4.79 Å². The minimum atomic E-state index is -4.50. The number of aromatic amines is 1. The lowest BCUT2D eigenvalue weighted by Crippen LogP contribution is -2.30. The van der Waals surface area contributed by atoms with E-state index in [1.54, 1.807) is 10.6 Å².